The molecule has 0 radical (unpaired) electrons. The molecule has 1 heterocycles. The van der Waals surface area contributed by atoms with Gasteiger partial charge in [0.05, 0.1) is 0 Å². The number of aryl methyl sites for hydroxylation is 2. The van der Waals surface area contributed by atoms with Gasteiger partial charge in [0.1, 0.15) is 0 Å². The van der Waals surface area contributed by atoms with E-state index in [-0.39, 0.29) is 0 Å². The average molecular weight is 280 g/mol. The van der Waals surface area contributed by atoms with E-state index in [4.69, 9.17) is 6.42 Å². The van der Waals surface area contributed by atoms with Crippen LogP contribution < -0.4 is 5.32 Å². The molecule has 2 nitrogen and oxygen atoms in total. The second kappa shape index (κ2) is 5.95. The first-order valence-electron chi connectivity index (χ1n) is 7.96. The van der Waals surface area contributed by atoms with Crippen LogP contribution in [0.15, 0.2) is 18.2 Å². The van der Waals surface area contributed by atoms with E-state index in [9.17, 15) is 0 Å². The minimum Gasteiger partial charge on any atom is -0.345 e. The highest BCUT2D eigenvalue weighted by Crippen LogP contribution is 2.27. The molecule has 1 N–H and O–H groups in total. The molecule has 21 heavy (non-hydrogen) atoms. The lowest BCUT2D eigenvalue weighted by atomic mass is 10.1. The summed E-state index contributed by atoms with van der Waals surface area (Å²) in [6, 6.07) is 7.64. The van der Waals surface area contributed by atoms with Crippen LogP contribution >= 0.6 is 0 Å². The smallest absolute Gasteiger partial charge is 0.0485 e. The normalized spacial score (nSPS) is 14.5. The van der Waals surface area contributed by atoms with Crippen molar-refractivity contribution >= 4 is 10.9 Å². The first-order chi connectivity index (χ1) is 10.2. The van der Waals surface area contributed by atoms with Crippen molar-refractivity contribution in [3.05, 3.63) is 35.0 Å². The van der Waals surface area contributed by atoms with Crippen molar-refractivity contribution in [3.63, 3.8) is 0 Å². The van der Waals surface area contributed by atoms with Crippen molar-refractivity contribution in [1.29, 1.82) is 0 Å². The van der Waals surface area contributed by atoms with Gasteiger partial charge in [-0.25, -0.2) is 0 Å². The zero-order valence-electron chi connectivity index (χ0n) is 13.1. The zero-order valence-corrected chi connectivity index (χ0v) is 13.1. The lowest BCUT2D eigenvalue weighted by Gasteiger charge is -2.08. The van der Waals surface area contributed by atoms with Crippen molar-refractivity contribution < 1.29 is 0 Å². The number of hydrogen-bond donors (Lipinski definition) is 1. The molecule has 0 spiro atoms. The molecule has 0 bridgehead atoms. The fourth-order valence-electron chi connectivity index (χ4n) is 2.98. The molecule has 2 aromatic rings. The van der Waals surface area contributed by atoms with Gasteiger partial charge in [-0.05, 0) is 56.4 Å². The molecule has 1 saturated carbocycles. The topological polar surface area (TPSA) is 17.0 Å². The van der Waals surface area contributed by atoms with Crippen molar-refractivity contribution in [3.8, 4) is 12.3 Å². The number of rotatable bonds is 6. The van der Waals surface area contributed by atoms with Gasteiger partial charge >= 0.3 is 0 Å². The number of benzene rings is 1. The van der Waals surface area contributed by atoms with Crippen LogP contribution in [0.3, 0.4) is 0 Å². The van der Waals surface area contributed by atoms with Crippen LogP contribution in [0, 0.1) is 26.2 Å². The van der Waals surface area contributed by atoms with Crippen LogP contribution in [-0.4, -0.2) is 10.6 Å². The van der Waals surface area contributed by atoms with E-state index >= 15 is 0 Å². The van der Waals surface area contributed by atoms with Gasteiger partial charge in [-0.1, -0.05) is 6.07 Å². The van der Waals surface area contributed by atoms with E-state index in [1.807, 2.05) is 0 Å². The molecule has 1 aliphatic carbocycles. The fourth-order valence-corrected chi connectivity index (χ4v) is 2.98. The number of nitrogens with zero attached hydrogens (tertiary/aromatic N) is 1. The van der Waals surface area contributed by atoms with Gasteiger partial charge in [-0.3, -0.25) is 0 Å². The molecule has 0 amide bonds. The van der Waals surface area contributed by atoms with E-state index in [1.54, 1.807) is 0 Å². The number of hydrogen-bond acceptors (Lipinski definition) is 1. The molecule has 0 atom stereocenters. The summed E-state index contributed by atoms with van der Waals surface area (Å²) >= 11 is 0. The summed E-state index contributed by atoms with van der Waals surface area (Å²) in [6.45, 7) is 6.45. The van der Waals surface area contributed by atoms with E-state index < -0.39 is 0 Å². The van der Waals surface area contributed by atoms with Crippen molar-refractivity contribution in [1.82, 2.24) is 9.88 Å². The third-order valence-corrected chi connectivity index (χ3v) is 4.58. The Morgan fingerprint density at radius 3 is 2.86 bits per heavy atom. The lowest BCUT2D eigenvalue weighted by Crippen LogP contribution is -2.15. The average Bonchev–Trinajstić information content (AvgIpc) is 3.29. The van der Waals surface area contributed by atoms with E-state index in [1.165, 1.54) is 40.6 Å². The van der Waals surface area contributed by atoms with E-state index in [0.29, 0.717) is 0 Å². The Labute approximate surface area is 127 Å². The quantitative estimate of drug-likeness (QED) is 0.627. The SMILES string of the molecule is C#CCCCn1c(C)c(C)c2cc(CNC3CC3)ccc21. The third kappa shape index (κ3) is 2.99. The van der Waals surface area contributed by atoms with Gasteiger partial charge in [0.2, 0.25) is 0 Å². The van der Waals surface area contributed by atoms with Gasteiger partial charge in [-0.2, -0.15) is 0 Å². The highest BCUT2D eigenvalue weighted by Gasteiger charge is 2.20. The zero-order chi connectivity index (χ0) is 14.8. The Bertz CT molecular complexity index is 684. The molecule has 0 unspecified atom stereocenters. The molecule has 2 heteroatoms. The van der Waals surface area contributed by atoms with Gasteiger partial charge in [0.25, 0.3) is 0 Å². The highest BCUT2D eigenvalue weighted by molar-refractivity contribution is 5.86. The number of terminal acetylenes is 1. The molecule has 3 rings (SSSR count). The summed E-state index contributed by atoms with van der Waals surface area (Å²) < 4.78 is 2.42. The van der Waals surface area contributed by atoms with Crippen LogP contribution in [0.4, 0.5) is 0 Å². The summed E-state index contributed by atoms with van der Waals surface area (Å²) in [6.07, 6.45) is 9.94. The monoisotopic (exact) mass is 280 g/mol. The Kier molecular flexibility index (Phi) is 4.03. The Hall–Kier alpha value is -1.72. The van der Waals surface area contributed by atoms with Crippen molar-refractivity contribution in [2.24, 2.45) is 0 Å². The van der Waals surface area contributed by atoms with Gasteiger partial charge in [0, 0.05) is 42.1 Å². The maximum absolute atomic E-state index is 5.37. The first kappa shape index (κ1) is 14.2. The molecule has 1 aromatic heterocycles. The summed E-state index contributed by atoms with van der Waals surface area (Å²) in [7, 11) is 0. The maximum atomic E-state index is 5.37. The molecular weight excluding hydrogens is 256 g/mol. The van der Waals surface area contributed by atoms with Crippen LogP contribution in [0.1, 0.15) is 42.5 Å². The summed E-state index contributed by atoms with van der Waals surface area (Å²) in [4.78, 5) is 0. The summed E-state index contributed by atoms with van der Waals surface area (Å²) in [5.41, 5.74) is 5.50. The largest absolute Gasteiger partial charge is 0.345 e. The third-order valence-electron chi connectivity index (χ3n) is 4.58. The Morgan fingerprint density at radius 2 is 2.14 bits per heavy atom. The number of unbranched alkanes of at least 4 members (excludes halogenated alkanes) is 1. The molecule has 0 aliphatic heterocycles. The molecule has 1 aliphatic rings. The lowest BCUT2D eigenvalue weighted by molar-refractivity contribution is 0.660. The van der Waals surface area contributed by atoms with Crippen LogP contribution in [0.5, 0.6) is 0 Å². The second-order valence-corrected chi connectivity index (χ2v) is 6.18. The van der Waals surface area contributed by atoms with Crippen molar-refractivity contribution in [2.45, 2.75) is 58.7 Å². The first-order valence-corrected chi connectivity index (χ1v) is 7.96. The number of aromatic nitrogens is 1. The minimum atomic E-state index is 0.761. The van der Waals surface area contributed by atoms with Crippen LogP contribution in [0.2, 0.25) is 0 Å². The standard InChI is InChI=1S/C19H24N2/c1-4-5-6-11-21-15(3)14(2)18-12-16(7-10-19(18)21)13-20-17-8-9-17/h1,7,10,12,17,20H,5-6,8-9,11,13H2,2-3H3. The molecule has 110 valence electrons. The van der Waals surface area contributed by atoms with E-state index in [2.05, 4.69) is 47.9 Å². The maximum Gasteiger partial charge on any atom is 0.0485 e. The highest BCUT2D eigenvalue weighted by atomic mass is 15.0. The van der Waals surface area contributed by atoms with Gasteiger partial charge in [0.15, 0.2) is 0 Å². The van der Waals surface area contributed by atoms with Crippen LogP contribution in [0.25, 0.3) is 10.9 Å². The van der Waals surface area contributed by atoms with Crippen molar-refractivity contribution in [2.75, 3.05) is 0 Å². The Balaban J connectivity index is 1.86. The number of fused-ring (bicyclic) bond motifs is 1. The number of nitrogens with one attached hydrogen (secondary N) is 1. The summed E-state index contributed by atoms with van der Waals surface area (Å²) in [5.74, 6) is 2.73. The second-order valence-electron chi connectivity index (χ2n) is 6.18. The molecular formula is C19H24N2. The molecule has 1 fully saturated rings. The fraction of sp³-hybridized carbons (Fsp3) is 0.474. The molecule has 0 saturated heterocycles. The predicted octanol–water partition coefficient (Wildman–Crippen LogP) is 3.92. The Morgan fingerprint density at radius 1 is 1.33 bits per heavy atom. The summed E-state index contributed by atoms with van der Waals surface area (Å²) in [5, 5.41) is 4.98. The van der Waals surface area contributed by atoms with Gasteiger partial charge < -0.3 is 9.88 Å². The minimum absolute atomic E-state index is 0.761. The van der Waals surface area contributed by atoms with Crippen LogP contribution in [-0.2, 0) is 13.1 Å². The van der Waals surface area contributed by atoms with Gasteiger partial charge in [-0.15, -0.1) is 12.3 Å². The predicted molar refractivity (Wildman–Crippen MR) is 89.3 cm³/mol. The molecule has 1 aromatic carbocycles. The van der Waals surface area contributed by atoms with E-state index in [0.717, 1.165) is 32.0 Å².